The molecule has 0 atom stereocenters. The number of nitrogens with one attached hydrogen (secondary N) is 1. The summed E-state index contributed by atoms with van der Waals surface area (Å²) in [5.41, 5.74) is -0.907. The summed E-state index contributed by atoms with van der Waals surface area (Å²) in [6.07, 6.45) is -3.15. The molecule has 0 aliphatic carbocycles. The Balaban J connectivity index is 2.11. The lowest BCUT2D eigenvalue weighted by atomic mass is 10.4. The van der Waals surface area contributed by atoms with Gasteiger partial charge in [0.05, 0.1) is 6.54 Å². The Kier molecular flexibility index (Phi) is 3.01. The summed E-state index contributed by atoms with van der Waals surface area (Å²) in [7, 11) is 1.69. The zero-order valence-corrected chi connectivity index (χ0v) is 9.51. The predicted octanol–water partition coefficient (Wildman–Crippen LogP) is 1.84. The fraction of sp³-hybridized carbons (Fsp3) is 0.375. The minimum Gasteiger partial charge on any atom is -0.363 e. The Bertz CT molecular complexity index is 503. The Hall–Kier alpha value is -1.64. The Morgan fingerprint density at radius 2 is 2.18 bits per heavy atom. The fourth-order valence-electron chi connectivity index (χ4n) is 1.16. The molecule has 0 aliphatic rings. The van der Waals surface area contributed by atoms with Gasteiger partial charge in [0.15, 0.2) is 5.69 Å². The van der Waals surface area contributed by atoms with Crippen molar-refractivity contribution < 1.29 is 13.2 Å². The number of nitrogens with zero attached hydrogens (tertiary/aromatic N) is 4. The van der Waals surface area contributed by atoms with Crippen molar-refractivity contribution in [2.75, 3.05) is 12.4 Å². The number of rotatable bonds is 3. The summed E-state index contributed by atoms with van der Waals surface area (Å²) in [5, 5.41) is 15.0. The van der Waals surface area contributed by atoms with Crippen LogP contribution < -0.4 is 5.32 Å². The molecule has 1 N–H and O–H groups in total. The fourth-order valence-corrected chi connectivity index (χ4v) is 1.84. The van der Waals surface area contributed by atoms with Gasteiger partial charge in [-0.05, 0) is 6.07 Å². The molecule has 0 spiro atoms. The molecule has 92 valence electrons. The topological polar surface area (TPSA) is 55.6 Å². The zero-order chi connectivity index (χ0) is 12.5. The van der Waals surface area contributed by atoms with Crippen LogP contribution in [0, 0.1) is 0 Å². The maximum atomic E-state index is 12.3. The van der Waals surface area contributed by atoms with Crippen molar-refractivity contribution in [1.82, 2.24) is 20.0 Å². The molecule has 2 rings (SSSR count). The first-order valence-electron chi connectivity index (χ1n) is 4.60. The number of alkyl halides is 3. The molecule has 0 amide bonds. The van der Waals surface area contributed by atoms with Gasteiger partial charge in [0.2, 0.25) is 5.13 Å². The third-order valence-corrected chi connectivity index (χ3v) is 2.83. The quantitative estimate of drug-likeness (QED) is 0.918. The first kappa shape index (κ1) is 11.8. The molecule has 9 heteroatoms. The van der Waals surface area contributed by atoms with Crippen LogP contribution in [0.4, 0.5) is 18.3 Å². The maximum absolute atomic E-state index is 12.3. The van der Waals surface area contributed by atoms with E-state index in [0.29, 0.717) is 10.1 Å². The van der Waals surface area contributed by atoms with Crippen LogP contribution in [-0.2, 0) is 12.7 Å². The molecule has 0 unspecified atom stereocenters. The van der Waals surface area contributed by atoms with Gasteiger partial charge in [-0.15, -0.1) is 10.2 Å². The Labute approximate surface area is 98.3 Å². The standard InChI is InChI=1S/C8H8F3N5S/c1-12-7-14-13-6(17-7)4-16-3-2-5(15-16)8(9,10)11/h2-3H,4H2,1H3,(H,12,14). The highest BCUT2D eigenvalue weighted by molar-refractivity contribution is 7.15. The minimum atomic E-state index is -4.41. The highest BCUT2D eigenvalue weighted by Gasteiger charge is 2.33. The molecular formula is C8H8F3N5S. The molecule has 0 fully saturated rings. The predicted molar refractivity (Wildman–Crippen MR) is 55.8 cm³/mol. The second kappa shape index (κ2) is 4.32. The summed E-state index contributed by atoms with van der Waals surface area (Å²) in [5.74, 6) is 0. The van der Waals surface area contributed by atoms with Crippen molar-refractivity contribution in [3.63, 3.8) is 0 Å². The largest absolute Gasteiger partial charge is 0.435 e. The monoisotopic (exact) mass is 263 g/mol. The number of halogens is 3. The van der Waals surface area contributed by atoms with Crippen molar-refractivity contribution >= 4 is 16.5 Å². The van der Waals surface area contributed by atoms with Crippen LogP contribution in [0.3, 0.4) is 0 Å². The molecule has 0 saturated heterocycles. The van der Waals surface area contributed by atoms with Crippen molar-refractivity contribution in [3.8, 4) is 0 Å². The van der Waals surface area contributed by atoms with E-state index in [1.165, 1.54) is 22.2 Å². The van der Waals surface area contributed by atoms with Gasteiger partial charge < -0.3 is 5.32 Å². The van der Waals surface area contributed by atoms with Gasteiger partial charge in [0, 0.05) is 13.2 Å². The number of hydrogen-bond acceptors (Lipinski definition) is 5. The molecule has 0 saturated carbocycles. The smallest absolute Gasteiger partial charge is 0.363 e. The van der Waals surface area contributed by atoms with Crippen molar-refractivity contribution in [2.45, 2.75) is 12.7 Å². The average molecular weight is 263 g/mol. The normalized spacial score (nSPS) is 11.8. The van der Waals surface area contributed by atoms with Crippen LogP contribution >= 0.6 is 11.3 Å². The van der Waals surface area contributed by atoms with Crippen molar-refractivity contribution in [2.24, 2.45) is 0 Å². The molecule has 0 radical (unpaired) electrons. The molecule has 17 heavy (non-hydrogen) atoms. The first-order chi connectivity index (χ1) is 7.99. The van der Waals surface area contributed by atoms with E-state index in [0.717, 1.165) is 6.07 Å². The first-order valence-corrected chi connectivity index (χ1v) is 5.41. The Morgan fingerprint density at radius 1 is 1.41 bits per heavy atom. The molecular weight excluding hydrogens is 255 g/mol. The highest BCUT2D eigenvalue weighted by atomic mass is 32.1. The second-order valence-electron chi connectivity index (χ2n) is 3.15. The molecule has 0 aromatic carbocycles. The number of hydrogen-bond donors (Lipinski definition) is 1. The maximum Gasteiger partial charge on any atom is 0.435 e. The lowest BCUT2D eigenvalue weighted by Crippen LogP contribution is -2.08. The van der Waals surface area contributed by atoms with E-state index in [-0.39, 0.29) is 6.54 Å². The van der Waals surface area contributed by atoms with E-state index in [1.54, 1.807) is 7.05 Å². The number of aromatic nitrogens is 4. The summed E-state index contributed by atoms with van der Waals surface area (Å²) in [4.78, 5) is 0. The Morgan fingerprint density at radius 3 is 2.71 bits per heavy atom. The third kappa shape index (κ3) is 2.73. The van der Waals surface area contributed by atoms with Gasteiger partial charge in [0.25, 0.3) is 0 Å². The van der Waals surface area contributed by atoms with E-state index >= 15 is 0 Å². The van der Waals surface area contributed by atoms with Gasteiger partial charge in [-0.2, -0.15) is 18.3 Å². The van der Waals surface area contributed by atoms with E-state index in [9.17, 15) is 13.2 Å². The average Bonchev–Trinajstić information content (AvgIpc) is 2.86. The lowest BCUT2D eigenvalue weighted by Gasteiger charge is -2.00. The van der Waals surface area contributed by atoms with Crippen LogP contribution in [0.25, 0.3) is 0 Å². The molecule has 0 aliphatic heterocycles. The van der Waals surface area contributed by atoms with E-state index in [2.05, 4.69) is 20.6 Å². The minimum absolute atomic E-state index is 0.176. The number of anilines is 1. The SMILES string of the molecule is CNc1nnc(Cn2ccc(C(F)(F)F)n2)s1. The van der Waals surface area contributed by atoms with Crippen LogP contribution in [0.15, 0.2) is 12.3 Å². The molecule has 5 nitrogen and oxygen atoms in total. The van der Waals surface area contributed by atoms with Crippen molar-refractivity contribution in [1.29, 1.82) is 0 Å². The van der Waals surface area contributed by atoms with Gasteiger partial charge in [-0.25, -0.2) is 0 Å². The van der Waals surface area contributed by atoms with Gasteiger partial charge in [0.1, 0.15) is 5.01 Å². The van der Waals surface area contributed by atoms with Crippen LogP contribution in [0.5, 0.6) is 0 Å². The van der Waals surface area contributed by atoms with Gasteiger partial charge in [-0.1, -0.05) is 11.3 Å². The lowest BCUT2D eigenvalue weighted by molar-refractivity contribution is -0.141. The van der Waals surface area contributed by atoms with E-state index in [4.69, 9.17) is 0 Å². The summed E-state index contributed by atoms with van der Waals surface area (Å²) in [6.45, 7) is 0.176. The molecule has 2 aromatic heterocycles. The second-order valence-corrected chi connectivity index (χ2v) is 4.21. The zero-order valence-electron chi connectivity index (χ0n) is 8.69. The van der Waals surface area contributed by atoms with Crippen LogP contribution in [0.1, 0.15) is 10.7 Å². The molecule has 2 heterocycles. The van der Waals surface area contributed by atoms with Crippen LogP contribution in [0.2, 0.25) is 0 Å². The molecule has 0 bridgehead atoms. The molecule has 2 aromatic rings. The van der Waals surface area contributed by atoms with E-state index in [1.807, 2.05) is 0 Å². The third-order valence-electron chi connectivity index (χ3n) is 1.91. The van der Waals surface area contributed by atoms with Gasteiger partial charge >= 0.3 is 6.18 Å². The summed E-state index contributed by atoms with van der Waals surface area (Å²) < 4.78 is 38.0. The van der Waals surface area contributed by atoms with Crippen molar-refractivity contribution in [3.05, 3.63) is 23.0 Å². The van der Waals surface area contributed by atoms with E-state index < -0.39 is 11.9 Å². The van der Waals surface area contributed by atoms with Gasteiger partial charge in [-0.3, -0.25) is 4.68 Å². The summed E-state index contributed by atoms with van der Waals surface area (Å²) >= 11 is 1.27. The highest BCUT2D eigenvalue weighted by Crippen LogP contribution is 2.27. The summed E-state index contributed by atoms with van der Waals surface area (Å²) in [6, 6.07) is 0.931. The van der Waals surface area contributed by atoms with Crippen LogP contribution in [-0.4, -0.2) is 27.0 Å².